The standard InChI is InChI=1S/C22H19Cl2NO2/c1-15-6-8-19(12-20(15)24)25-13-16-7-9-21(22(11-16)26-2)27-14-17-4-3-5-18(23)10-17/h3-13H,14H2,1-2H3. The minimum atomic E-state index is 0.409. The number of methoxy groups -OCH3 is 1. The molecule has 138 valence electrons. The van der Waals surface area contributed by atoms with Gasteiger partial charge in [-0.2, -0.15) is 0 Å². The lowest BCUT2D eigenvalue weighted by Gasteiger charge is -2.11. The van der Waals surface area contributed by atoms with E-state index in [9.17, 15) is 0 Å². The lowest BCUT2D eigenvalue weighted by atomic mass is 10.2. The molecule has 0 amide bonds. The molecule has 0 bridgehead atoms. The van der Waals surface area contributed by atoms with Gasteiger partial charge in [0, 0.05) is 16.3 Å². The topological polar surface area (TPSA) is 30.8 Å². The molecular weight excluding hydrogens is 381 g/mol. The molecule has 0 aliphatic carbocycles. The quantitative estimate of drug-likeness (QED) is 0.434. The second kappa shape index (κ2) is 8.94. The van der Waals surface area contributed by atoms with E-state index in [4.69, 9.17) is 32.7 Å². The third-order valence-corrected chi connectivity index (χ3v) is 4.63. The van der Waals surface area contributed by atoms with Crippen LogP contribution in [0.1, 0.15) is 16.7 Å². The van der Waals surface area contributed by atoms with Crippen molar-refractivity contribution < 1.29 is 9.47 Å². The van der Waals surface area contributed by atoms with E-state index in [1.807, 2.05) is 67.6 Å². The van der Waals surface area contributed by atoms with E-state index in [2.05, 4.69) is 4.99 Å². The van der Waals surface area contributed by atoms with Crippen molar-refractivity contribution >= 4 is 35.1 Å². The van der Waals surface area contributed by atoms with Crippen LogP contribution in [0.25, 0.3) is 0 Å². The van der Waals surface area contributed by atoms with Crippen LogP contribution in [-0.2, 0) is 6.61 Å². The van der Waals surface area contributed by atoms with Crippen molar-refractivity contribution in [3.05, 3.63) is 87.4 Å². The predicted molar refractivity (Wildman–Crippen MR) is 112 cm³/mol. The van der Waals surface area contributed by atoms with E-state index in [0.29, 0.717) is 28.2 Å². The van der Waals surface area contributed by atoms with Gasteiger partial charge in [-0.05, 0) is 66.1 Å². The number of halogens is 2. The van der Waals surface area contributed by atoms with Gasteiger partial charge in [0.1, 0.15) is 6.61 Å². The van der Waals surface area contributed by atoms with Crippen molar-refractivity contribution in [1.29, 1.82) is 0 Å². The average Bonchev–Trinajstić information content (AvgIpc) is 2.67. The molecule has 3 nitrogen and oxygen atoms in total. The first kappa shape index (κ1) is 19.3. The smallest absolute Gasteiger partial charge is 0.161 e. The number of nitrogens with zero attached hydrogens (tertiary/aromatic N) is 1. The predicted octanol–water partition coefficient (Wildman–Crippen LogP) is 6.64. The first-order chi connectivity index (χ1) is 13.0. The van der Waals surface area contributed by atoms with Crippen molar-refractivity contribution in [3.8, 4) is 11.5 Å². The molecule has 3 aromatic carbocycles. The Hall–Kier alpha value is -2.49. The fourth-order valence-electron chi connectivity index (χ4n) is 2.48. The average molecular weight is 400 g/mol. The molecule has 3 aromatic rings. The maximum absolute atomic E-state index is 6.14. The van der Waals surface area contributed by atoms with E-state index in [1.165, 1.54) is 0 Å². The molecule has 0 unspecified atom stereocenters. The Morgan fingerprint density at radius 3 is 2.56 bits per heavy atom. The van der Waals surface area contributed by atoms with E-state index in [-0.39, 0.29) is 0 Å². The molecule has 0 aliphatic rings. The zero-order valence-electron chi connectivity index (χ0n) is 15.1. The third-order valence-electron chi connectivity index (χ3n) is 3.99. The third kappa shape index (κ3) is 5.25. The summed E-state index contributed by atoms with van der Waals surface area (Å²) in [5, 5.41) is 1.39. The van der Waals surface area contributed by atoms with Crippen LogP contribution < -0.4 is 9.47 Å². The summed E-state index contributed by atoms with van der Waals surface area (Å²) in [4.78, 5) is 4.47. The Balaban J connectivity index is 1.73. The number of hydrogen-bond donors (Lipinski definition) is 0. The van der Waals surface area contributed by atoms with Gasteiger partial charge in [0.15, 0.2) is 11.5 Å². The van der Waals surface area contributed by atoms with E-state index >= 15 is 0 Å². The van der Waals surface area contributed by atoms with Crippen LogP contribution in [0.3, 0.4) is 0 Å². The maximum atomic E-state index is 6.14. The second-order valence-electron chi connectivity index (χ2n) is 6.02. The molecule has 0 spiro atoms. The molecular formula is C22H19Cl2NO2. The number of ether oxygens (including phenoxy) is 2. The number of rotatable bonds is 6. The van der Waals surface area contributed by atoms with Gasteiger partial charge in [-0.25, -0.2) is 0 Å². The zero-order valence-corrected chi connectivity index (χ0v) is 16.6. The first-order valence-corrected chi connectivity index (χ1v) is 9.16. The fraction of sp³-hybridized carbons (Fsp3) is 0.136. The van der Waals surface area contributed by atoms with Crippen molar-refractivity contribution in [3.63, 3.8) is 0 Å². The van der Waals surface area contributed by atoms with Crippen LogP contribution in [-0.4, -0.2) is 13.3 Å². The molecule has 0 fully saturated rings. The molecule has 0 heterocycles. The molecule has 0 radical (unpaired) electrons. The normalized spacial score (nSPS) is 11.0. The second-order valence-corrected chi connectivity index (χ2v) is 6.86. The number of benzene rings is 3. The van der Waals surface area contributed by atoms with Crippen molar-refractivity contribution in [2.45, 2.75) is 13.5 Å². The summed E-state index contributed by atoms with van der Waals surface area (Å²) in [6.07, 6.45) is 1.77. The van der Waals surface area contributed by atoms with Gasteiger partial charge >= 0.3 is 0 Å². The lowest BCUT2D eigenvalue weighted by molar-refractivity contribution is 0.284. The van der Waals surface area contributed by atoms with Crippen LogP contribution in [0.15, 0.2) is 65.7 Å². The Labute approximate surface area is 169 Å². The van der Waals surface area contributed by atoms with E-state index < -0.39 is 0 Å². The Morgan fingerprint density at radius 2 is 1.81 bits per heavy atom. The van der Waals surface area contributed by atoms with Crippen molar-refractivity contribution in [1.82, 2.24) is 0 Å². The van der Waals surface area contributed by atoms with E-state index in [1.54, 1.807) is 13.3 Å². The molecule has 3 rings (SSSR count). The molecule has 5 heteroatoms. The Kier molecular flexibility index (Phi) is 6.38. The minimum absolute atomic E-state index is 0.409. The van der Waals surface area contributed by atoms with Gasteiger partial charge in [0.25, 0.3) is 0 Å². The van der Waals surface area contributed by atoms with Gasteiger partial charge in [-0.1, -0.05) is 41.4 Å². The molecule has 0 saturated heterocycles. The number of hydrogen-bond acceptors (Lipinski definition) is 3. The largest absolute Gasteiger partial charge is 0.493 e. The number of aliphatic imine (C=N–C) groups is 1. The highest BCUT2D eigenvalue weighted by atomic mass is 35.5. The molecule has 27 heavy (non-hydrogen) atoms. The SMILES string of the molecule is COc1cc(C=Nc2ccc(C)c(Cl)c2)ccc1OCc1cccc(Cl)c1. The highest BCUT2D eigenvalue weighted by Crippen LogP contribution is 2.29. The summed E-state index contributed by atoms with van der Waals surface area (Å²) >= 11 is 12.1. The van der Waals surface area contributed by atoms with Crippen molar-refractivity contribution in [2.24, 2.45) is 4.99 Å². The van der Waals surface area contributed by atoms with Gasteiger partial charge in [-0.3, -0.25) is 4.99 Å². The number of aryl methyl sites for hydroxylation is 1. The van der Waals surface area contributed by atoms with Gasteiger partial charge in [-0.15, -0.1) is 0 Å². The van der Waals surface area contributed by atoms with Crippen LogP contribution in [0.5, 0.6) is 11.5 Å². The fourth-order valence-corrected chi connectivity index (χ4v) is 2.87. The van der Waals surface area contributed by atoms with Gasteiger partial charge in [0.2, 0.25) is 0 Å². The molecule has 0 aromatic heterocycles. The van der Waals surface area contributed by atoms with Gasteiger partial charge < -0.3 is 9.47 Å². The molecule has 0 saturated carbocycles. The van der Waals surface area contributed by atoms with Crippen LogP contribution in [0.4, 0.5) is 5.69 Å². The Morgan fingerprint density at radius 1 is 0.963 bits per heavy atom. The monoisotopic (exact) mass is 399 g/mol. The Bertz CT molecular complexity index is 970. The van der Waals surface area contributed by atoms with Crippen LogP contribution in [0.2, 0.25) is 10.0 Å². The lowest BCUT2D eigenvalue weighted by Crippen LogP contribution is -1.98. The van der Waals surface area contributed by atoms with Crippen LogP contribution in [0, 0.1) is 6.92 Å². The molecule has 0 N–H and O–H groups in total. The summed E-state index contributed by atoms with van der Waals surface area (Å²) in [6.45, 7) is 2.37. The summed E-state index contributed by atoms with van der Waals surface area (Å²) < 4.78 is 11.3. The first-order valence-electron chi connectivity index (χ1n) is 8.40. The highest BCUT2D eigenvalue weighted by Gasteiger charge is 2.06. The highest BCUT2D eigenvalue weighted by molar-refractivity contribution is 6.31. The van der Waals surface area contributed by atoms with Gasteiger partial charge in [0.05, 0.1) is 12.8 Å². The van der Waals surface area contributed by atoms with E-state index in [0.717, 1.165) is 22.4 Å². The summed E-state index contributed by atoms with van der Waals surface area (Å²) in [5.41, 5.74) is 3.72. The summed E-state index contributed by atoms with van der Waals surface area (Å²) in [6, 6.07) is 19.0. The molecule has 0 aliphatic heterocycles. The van der Waals surface area contributed by atoms with Crippen molar-refractivity contribution in [2.75, 3.05) is 7.11 Å². The summed E-state index contributed by atoms with van der Waals surface area (Å²) in [7, 11) is 1.61. The summed E-state index contributed by atoms with van der Waals surface area (Å²) in [5.74, 6) is 1.30. The maximum Gasteiger partial charge on any atom is 0.161 e. The minimum Gasteiger partial charge on any atom is -0.493 e. The molecule has 0 atom stereocenters. The zero-order chi connectivity index (χ0) is 19.2. The van der Waals surface area contributed by atoms with Crippen LogP contribution >= 0.6 is 23.2 Å².